The predicted octanol–water partition coefficient (Wildman–Crippen LogP) is 2.29. The minimum Gasteiger partial charge on any atom is -0.212 e. The molecule has 0 atom stereocenters. The van der Waals surface area contributed by atoms with Gasteiger partial charge in [-0.1, -0.05) is 31.2 Å². The normalized spacial score (nSPS) is 11.3. The zero-order valence-electron chi connectivity index (χ0n) is 11.3. The summed E-state index contributed by atoms with van der Waals surface area (Å²) in [5.41, 5.74) is 2.01. The van der Waals surface area contributed by atoms with E-state index in [-0.39, 0.29) is 5.75 Å². The third-order valence-corrected chi connectivity index (χ3v) is 4.50. The first-order valence-corrected chi connectivity index (χ1v) is 7.61. The first-order chi connectivity index (χ1) is 8.89. The maximum Gasteiger partial charge on any atom is 0.218 e. The Labute approximate surface area is 115 Å². The molecule has 0 aliphatic heterocycles. The Hall–Kier alpha value is -1.64. The molecule has 0 fully saturated rings. The topological polar surface area (TPSA) is 61.2 Å². The van der Waals surface area contributed by atoms with Crippen molar-refractivity contribution in [3.63, 3.8) is 0 Å². The van der Waals surface area contributed by atoms with Gasteiger partial charge >= 0.3 is 0 Å². The lowest BCUT2D eigenvalue weighted by atomic mass is 10.2. The molecule has 5 heteroatoms. The third-order valence-electron chi connectivity index (χ3n) is 2.62. The maximum absolute atomic E-state index is 12.2. The van der Waals surface area contributed by atoms with Crippen molar-refractivity contribution in [1.82, 2.24) is 4.31 Å². The number of nitrogens with zero attached hydrogens (tertiary/aromatic N) is 2. The molecule has 0 heterocycles. The van der Waals surface area contributed by atoms with Gasteiger partial charge in [-0.15, -0.1) is 0 Å². The van der Waals surface area contributed by atoms with Gasteiger partial charge in [-0.05, 0) is 24.6 Å². The van der Waals surface area contributed by atoms with Gasteiger partial charge in [0, 0.05) is 13.1 Å². The molecule has 1 rings (SSSR count). The van der Waals surface area contributed by atoms with Crippen LogP contribution in [0.5, 0.6) is 0 Å². The third kappa shape index (κ3) is 4.51. The molecule has 1 aromatic carbocycles. The fourth-order valence-electron chi connectivity index (χ4n) is 1.69. The number of hydrogen-bond acceptors (Lipinski definition) is 3. The number of likely N-dealkylation sites (N-methyl/N-ethyl adjacent to an activating group) is 1. The number of sulfonamides is 1. The van der Waals surface area contributed by atoms with Gasteiger partial charge in [0.25, 0.3) is 0 Å². The van der Waals surface area contributed by atoms with Gasteiger partial charge in [-0.25, -0.2) is 8.42 Å². The molecule has 0 saturated heterocycles. The molecule has 4 nitrogen and oxygen atoms in total. The average Bonchev–Trinajstić information content (AvgIpc) is 2.36. The van der Waals surface area contributed by atoms with E-state index in [9.17, 15) is 8.42 Å². The Bertz CT molecular complexity index is 583. The molecule has 0 bridgehead atoms. The maximum atomic E-state index is 12.2. The van der Waals surface area contributed by atoms with Crippen molar-refractivity contribution < 1.29 is 8.42 Å². The largest absolute Gasteiger partial charge is 0.218 e. The molecular formula is C14H18N2O2S. The summed E-state index contributed by atoms with van der Waals surface area (Å²) < 4.78 is 25.9. The summed E-state index contributed by atoms with van der Waals surface area (Å²) >= 11 is 0. The van der Waals surface area contributed by atoms with Crippen LogP contribution in [0.25, 0.3) is 0 Å². The molecular weight excluding hydrogens is 260 g/mol. The van der Waals surface area contributed by atoms with E-state index in [0.717, 1.165) is 5.57 Å². The van der Waals surface area contributed by atoms with Crippen LogP contribution in [0.3, 0.4) is 0 Å². The van der Waals surface area contributed by atoms with Crippen LogP contribution in [-0.4, -0.2) is 25.8 Å². The summed E-state index contributed by atoms with van der Waals surface area (Å²) in [6.07, 6.45) is 0. The van der Waals surface area contributed by atoms with Crippen molar-refractivity contribution in [3.05, 3.63) is 47.5 Å². The zero-order chi connectivity index (χ0) is 14.5. The lowest BCUT2D eigenvalue weighted by molar-refractivity contribution is 0.452. The molecule has 0 amide bonds. The molecule has 1 aromatic rings. The van der Waals surface area contributed by atoms with Crippen LogP contribution >= 0.6 is 0 Å². The molecule has 0 unspecified atom stereocenters. The quantitative estimate of drug-likeness (QED) is 0.750. The van der Waals surface area contributed by atoms with Crippen LogP contribution < -0.4 is 0 Å². The van der Waals surface area contributed by atoms with Crippen LogP contribution in [0.2, 0.25) is 0 Å². The monoisotopic (exact) mass is 278 g/mol. The summed E-state index contributed by atoms with van der Waals surface area (Å²) in [6.45, 7) is 8.12. The molecule has 0 aliphatic rings. The molecule has 0 N–H and O–H groups in total. The average molecular weight is 278 g/mol. The van der Waals surface area contributed by atoms with Gasteiger partial charge in [-0.3, -0.25) is 0 Å². The van der Waals surface area contributed by atoms with Gasteiger partial charge in [0.15, 0.2) is 0 Å². The van der Waals surface area contributed by atoms with Crippen LogP contribution in [0.1, 0.15) is 25.0 Å². The second-order valence-electron chi connectivity index (χ2n) is 4.45. The highest BCUT2D eigenvalue weighted by Gasteiger charge is 2.20. The highest BCUT2D eigenvalue weighted by Crippen LogP contribution is 2.13. The first-order valence-electron chi connectivity index (χ1n) is 6.00. The van der Waals surface area contributed by atoms with E-state index in [4.69, 9.17) is 5.26 Å². The first kappa shape index (κ1) is 15.4. The van der Waals surface area contributed by atoms with Crippen molar-refractivity contribution in [2.24, 2.45) is 0 Å². The predicted molar refractivity (Wildman–Crippen MR) is 75.8 cm³/mol. The lowest BCUT2D eigenvalue weighted by Gasteiger charge is -2.20. The highest BCUT2D eigenvalue weighted by atomic mass is 32.2. The minimum atomic E-state index is -3.35. The molecule has 0 saturated carbocycles. The Morgan fingerprint density at radius 1 is 1.37 bits per heavy atom. The van der Waals surface area contributed by atoms with E-state index in [1.54, 1.807) is 38.1 Å². The second kappa shape index (κ2) is 6.50. The van der Waals surface area contributed by atoms with Crippen molar-refractivity contribution in [1.29, 1.82) is 5.26 Å². The van der Waals surface area contributed by atoms with E-state index >= 15 is 0 Å². The SMILES string of the molecule is C=C(C)CN(CC)S(=O)(=O)Cc1ccc(C#N)cc1. The van der Waals surface area contributed by atoms with Crippen molar-refractivity contribution in [3.8, 4) is 6.07 Å². The van der Waals surface area contributed by atoms with E-state index in [0.29, 0.717) is 24.2 Å². The van der Waals surface area contributed by atoms with E-state index in [2.05, 4.69) is 6.58 Å². The number of hydrogen-bond donors (Lipinski definition) is 0. The van der Waals surface area contributed by atoms with Gasteiger partial charge < -0.3 is 0 Å². The number of rotatable bonds is 6. The van der Waals surface area contributed by atoms with Gasteiger partial charge in [0.05, 0.1) is 17.4 Å². The minimum absolute atomic E-state index is 0.0557. The molecule has 19 heavy (non-hydrogen) atoms. The van der Waals surface area contributed by atoms with Crippen LogP contribution in [0.15, 0.2) is 36.4 Å². The Morgan fingerprint density at radius 2 is 1.95 bits per heavy atom. The molecule has 0 aromatic heterocycles. The standard InChI is InChI=1S/C14H18N2O2S/c1-4-16(10-12(2)3)19(17,18)11-14-7-5-13(9-15)6-8-14/h5-8H,2,4,10-11H2,1,3H3. The number of benzene rings is 1. The zero-order valence-corrected chi connectivity index (χ0v) is 12.1. The lowest BCUT2D eigenvalue weighted by Crippen LogP contribution is -2.33. The highest BCUT2D eigenvalue weighted by molar-refractivity contribution is 7.88. The van der Waals surface area contributed by atoms with Gasteiger partial charge in [-0.2, -0.15) is 9.57 Å². The molecule has 0 aliphatic carbocycles. The number of nitriles is 1. The van der Waals surface area contributed by atoms with Crippen molar-refractivity contribution in [2.45, 2.75) is 19.6 Å². The van der Waals surface area contributed by atoms with Crippen molar-refractivity contribution >= 4 is 10.0 Å². The Morgan fingerprint density at radius 3 is 2.37 bits per heavy atom. The van der Waals surface area contributed by atoms with E-state index in [1.807, 2.05) is 6.07 Å². The van der Waals surface area contributed by atoms with Crippen molar-refractivity contribution in [2.75, 3.05) is 13.1 Å². The summed E-state index contributed by atoms with van der Waals surface area (Å²) in [4.78, 5) is 0. The Balaban J connectivity index is 2.88. The summed E-state index contributed by atoms with van der Waals surface area (Å²) in [5.74, 6) is -0.0557. The summed E-state index contributed by atoms with van der Waals surface area (Å²) in [5, 5.41) is 8.70. The smallest absolute Gasteiger partial charge is 0.212 e. The molecule has 0 radical (unpaired) electrons. The fraction of sp³-hybridized carbons (Fsp3) is 0.357. The van der Waals surface area contributed by atoms with E-state index < -0.39 is 10.0 Å². The van der Waals surface area contributed by atoms with Crippen LogP contribution in [-0.2, 0) is 15.8 Å². The summed E-state index contributed by atoms with van der Waals surface area (Å²) in [6, 6.07) is 8.60. The van der Waals surface area contributed by atoms with E-state index in [1.165, 1.54) is 4.31 Å². The molecule has 102 valence electrons. The fourth-order valence-corrected chi connectivity index (χ4v) is 3.29. The van der Waals surface area contributed by atoms with Gasteiger partial charge in [0.2, 0.25) is 10.0 Å². The Kier molecular flexibility index (Phi) is 5.28. The summed E-state index contributed by atoms with van der Waals surface area (Å²) in [7, 11) is -3.35. The van der Waals surface area contributed by atoms with Crippen LogP contribution in [0.4, 0.5) is 0 Å². The van der Waals surface area contributed by atoms with Crippen LogP contribution in [0, 0.1) is 11.3 Å². The van der Waals surface area contributed by atoms with Gasteiger partial charge in [0.1, 0.15) is 0 Å². The molecule has 0 spiro atoms. The second-order valence-corrected chi connectivity index (χ2v) is 6.42.